The van der Waals surface area contributed by atoms with E-state index < -0.39 is 15.9 Å². The standard InChI is InChI=1S/C10H12N6O3S/c1-3-13-10-9(12-2)16-8(7(6-11)15-10)14-4-5-20(17,18)19/h3-5H2,1H3,(H,13,15)(H,14,16)(H,17,18,19). The molecule has 0 aliphatic heterocycles. The second-order valence-electron chi connectivity index (χ2n) is 3.56. The molecule has 1 aromatic heterocycles. The Hall–Kier alpha value is -2.43. The van der Waals surface area contributed by atoms with Crippen LogP contribution in [-0.2, 0) is 10.1 Å². The van der Waals surface area contributed by atoms with Gasteiger partial charge in [0.05, 0.1) is 5.75 Å². The Morgan fingerprint density at radius 3 is 2.60 bits per heavy atom. The average molecular weight is 296 g/mol. The smallest absolute Gasteiger partial charge is 0.314 e. The number of nitrogens with zero attached hydrogens (tertiary/aromatic N) is 4. The van der Waals surface area contributed by atoms with Crippen LogP contribution in [0.3, 0.4) is 0 Å². The summed E-state index contributed by atoms with van der Waals surface area (Å²) in [5.74, 6) is -0.370. The van der Waals surface area contributed by atoms with Gasteiger partial charge in [-0.1, -0.05) is 11.6 Å². The van der Waals surface area contributed by atoms with Gasteiger partial charge in [0.2, 0.25) is 5.69 Å². The van der Waals surface area contributed by atoms with Crippen LogP contribution >= 0.6 is 0 Å². The van der Waals surface area contributed by atoms with Crippen LogP contribution in [0, 0.1) is 17.9 Å². The van der Waals surface area contributed by atoms with Gasteiger partial charge in [0.25, 0.3) is 15.9 Å². The van der Waals surface area contributed by atoms with Crippen molar-refractivity contribution in [3.8, 4) is 6.07 Å². The molecule has 0 radical (unpaired) electrons. The molecule has 0 aliphatic rings. The lowest BCUT2D eigenvalue weighted by Crippen LogP contribution is -2.16. The summed E-state index contributed by atoms with van der Waals surface area (Å²) in [4.78, 5) is 11.0. The molecule has 0 aliphatic carbocycles. The van der Waals surface area contributed by atoms with Crippen LogP contribution in [0.25, 0.3) is 4.85 Å². The number of aromatic nitrogens is 2. The molecular formula is C10H12N6O3S. The monoisotopic (exact) mass is 296 g/mol. The molecule has 106 valence electrons. The SMILES string of the molecule is [C-]#[N+]c1nc(NCCS(=O)(=O)O)c(C#N)nc1NCC. The Morgan fingerprint density at radius 1 is 1.40 bits per heavy atom. The van der Waals surface area contributed by atoms with E-state index in [1.807, 2.05) is 0 Å². The molecule has 0 fully saturated rings. The quantitative estimate of drug-likeness (QED) is 0.514. The van der Waals surface area contributed by atoms with Gasteiger partial charge in [-0.3, -0.25) is 4.55 Å². The third kappa shape index (κ3) is 4.35. The summed E-state index contributed by atoms with van der Waals surface area (Å²) in [6.45, 7) is 9.16. The van der Waals surface area contributed by atoms with Crippen molar-refractivity contribution in [2.24, 2.45) is 0 Å². The number of hydrogen-bond acceptors (Lipinski definition) is 7. The first-order valence-electron chi connectivity index (χ1n) is 5.53. The first-order valence-corrected chi connectivity index (χ1v) is 7.14. The van der Waals surface area contributed by atoms with E-state index in [4.69, 9.17) is 16.4 Å². The zero-order chi connectivity index (χ0) is 15.2. The minimum Gasteiger partial charge on any atom is -0.378 e. The third-order valence-electron chi connectivity index (χ3n) is 2.09. The second-order valence-corrected chi connectivity index (χ2v) is 5.13. The topological polar surface area (TPSA) is 132 Å². The van der Waals surface area contributed by atoms with E-state index >= 15 is 0 Å². The molecule has 3 N–H and O–H groups in total. The number of anilines is 2. The Bertz CT molecular complexity index is 673. The normalized spacial score (nSPS) is 10.4. The highest BCUT2D eigenvalue weighted by atomic mass is 32.2. The first kappa shape index (κ1) is 15.6. The van der Waals surface area contributed by atoms with Crippen LogP contribution in [0.15, 0.2) is 0 Å². The molecule has 0 bridgehead atoms. The van der Waals surface area contributed by atoms with Gasteiger partial charge in [-0.15, -0.1) is 0 Å². The molecule has 1 rings (SSSR count). The fraction of sp³-hybridized carbons (Fsp3) is 0.400. The molecule has 10 heteroatoms. The van der Waals surface area contributed by atoms with Crippen LogP contribution in [-0.4, -0.2) is 41.8 Å². The van der Waals surface area contributed by atoms with Crippen molar-refractivity contribution in [2.75, 3.05) is 29.5 Å². The van der Waals surface area contributed by atoms with Gasteiger partial charge >= 0.3 is 5.82 Å². The fourth-order valence-corrected chi connectivity index (χ4v) is 1.65. The summed E-state index contributed by atoms with van der Waals surface area (Å²) in [6.07, 6.45) is 0. The maximum atomic E-state index is 10.6. The van der Waals surface area contributed by atoms with Crippen molar-refractivity contribution in [2.45, 2.75) is 6.92 Å². The molecule has 0 unspecified atom stereocenters. The predicted octanol–water partition coefficient (Wildman–Crippen LogP) is 0.631. The Kier molecular flexibility index (Phi) is 5.20. The summed E-state index contributed by atoms with van der Waals surface area (Å²) in [6, 6.07) is 1.80. The van der Waals surface area contributed by atoms with E-state index in [9.17, 15) is 8.42 Å². The van der Waals surface area contributed by atoms with Gasteiger partial charge in [0, 0.05) is 13.1 Å². The molecule has 0 atom stereocenters. The van der Waals surface area contributed by atoms with Gasteiger partial charge in [-0.05, 0) is 6.92 Å². The maximum Gasteiger partial charge on any atom is 0.314 e. The summed E-state index contributed by atoms with van der Waals surface area (Å²) < 4.78 is 29.8. The molecule has 1 heterocycles. The predicted molar refractivity (Wildman–Crippen MR) is 72.1 cm³/mol. The van der Waals surface area contributed by atoms with Crippen molar-refractivity contribution in [1.29, 1.82) is 5.26 Å². The molecule has 0 amide bonds. The van der Waals surface area contributed by atoms with Crippen molar-refractivity contribution in [1.82, 2.24) is 9.97 Å². The number of nitriles is 1. The van der Waals surface area contributed by atoms with Crippen molar-refractivity contribution >= 4 is 27.6 Å². The Balaban J connectivity index is 3.02. The van der Waals surface area contributed by atoms with Crippen molar-refractivity contribution in [3.63, 3.8) is 0 Å². The molecule has 20 heavy (non-hydrogen) atoms. The highest BCUT2D eigenvalue weighted by molar-refractivity contribution is 7.85. The second kappa shape index (κ2) is 6.65. The number of nitrogens with one attached hydrogen (secondary N) is 2. The molecule has 9 nitrogen and oxygen atoms in total. The number of rotatable bonds is 6. The average Bonchev–Trinajstić information content (AvgIpc) is 2.38. The van der Waals surface area contributed by atoms with E-state index in [1.54, 1.807) is 13.0 Å². The lowest BCUT2D eigenvalue weighted by molar-refractivity contribution is 0.484. The molecule has 0 spiro atoms. The zero-order valence-corrected chi connectivity index (χ0v) is 11.4. The number of hydrogen-bond donors (Lipinski definition) is 3. The third-order valence-corrected chi connectivity index (χ3v) is 2.81. The molecule has 0 saturated heterocycles. The van der Waals surface area contributed by atoms with Crippen molar-refractivity contribution < 1.29 is 13.0 Å². The largest absolute Gasteiger partial charge is 0.378 e. The minimum absolute atomic E-state index is 0.00352. The van der Waals surface area contributed by atoms with Crippen LogP contribution in [0.5, 0.6) is 0 Å². The van der Waals surface area contributed by atoms with Crippen LogP contribution in [0.4, 0.5) is 17.5 Å². The Morgan fingerprint density at radius 2 is 2.10 bits per heavy atom. The summed E-state index contributed by atoms with van der Waals surface area (Å²) in [5.41, 5.74) is -0.0660. The van der Waals surface area contributed by atoms with Gasteiger partial charge in [-0.25, -0.2) is 4.98 Å². The molecule has 1 aromatic rings. The lowest BCUT2D eigenvalue weighted by Gasteiger charge is -2.07. The van der Waals surface area contributed by atoms with Crippen LogP contribution < -0.4 is 10.6 Å². The van der Waals surface area contributed by atoms with E-state index in [2.05, 4.69) is 25.4 Å². The van der Waals surface area contributed by atoms with E-state index in [0.717, 1.165) is 0 Å². The highest BCUT2D eigenvalue weighted by Gasteiger charge is 2.16. The van der Waals surface area contributed by atoms with Gasteiger partial charge in [-0.2, -0.15) is 13.7 Å². The van der Waals surface area contributed by atoms with Gasteiger partial charge in [0.1, 0.15) is 6.07 Å². The minimum atomic E-state index is -4.11. The van der Waals surface area contributed by atoms with Gasteiger partial charge < -0.3 is 15.5 Å². The summed E-state index contributed by atoms with van der Waals surface area (Å²) in [5, 5.41) is 14.3. The zero-order valence-electron chi connectivity index (χ0n) is 10.6. The molecular weight excluding hydrogens is 284 g/mol. The lowest BCUT2D eigenvalue weighted by atomic mass is 10.4. The van der Waals surface area contributed by atoms with E-state index in [0.29, 0.717) is 6.54 Å². The van der Waals surface area contributed by atoms with E-state index in [1.165, 1.54) is 0 Å². The van der Waals surface area contributed by atoms with E-state index in [-0.39, 0.29) is 29.7 Å². The summed E-state index contributed by atoms with van der Waals surface area (Å²) >= 11 is 0. The van der Waals surface area contributed by atoms with Crippen molar-refractivity contribution in [3.05, 3.63) is 17.1 Å². The highest BCUT2D eigenvalue weighted by Crippen LogP contribution is 2.24. The fourth-order valence-electron chi connectivity index (χ4n) is 1.29. The molecule has 0 saturated carbocycles. The van der Waals surface area contributed by atoms with Crippen LogP contribution in [0.1, 0.15) is 12.6 Å². The molecule has 0 aromatic carbocycles. The van der Waals surface area contributed by atoms with Gasteiger partial charge in [0.15, 0.2) is 5.82 Å². The Labute approximate surface area is 116 Å². The van der Waals surface area contributed by atoms with Crippen LogP contribution in [0.2, 0.25) is 0 Å². The maximum absolute atomic E-state index is 10.6. The summed E-state index contributed by atoms with van der Waals surface area (Å²) in [7, 11) is -4.11. The first-order chi connectivity index (χ1) is 9.41.